The summed E-state index contributed by atoms with van der Waals surface area (Å²) < 4.78 is 4.66. The lowest BCUT2D eigenvalue weighted by atomic mass is 10.1. The minimum absolute atomic E-state index is 0.366. The Kier molecular flexibility index (Phi) is 2.14. The lowest BCUT2D eigenvalue weighted by Crippen LogP contribution is -2.02. The first-order valence-corrected chi connectivity index (χ1v) is 4.16. The van der Waals surface area contributed by atoms with Gasteiger partial charge in [-0.05, 0) is 12.1 Å². The molecule has 0 fully saturated rings. The van der Waals surface area contributed by atoms with Gasteiger partial charge in [-0.2, -0.15) is 0 Å². The van der Waals surface area contributed by atoms with E-state index >= 15 is 0 Å². The standard InChI is InChI=1S/C11H8NO2/c1-14-11(13)9-6-2-4-8-5-3-7-12-10(8)9/h2,4-7H,1H3. The Morgan fingerprint density at radius 1 is 1.50 bits per heavy atom. The van der Waals surface area contributed by atoms with Gasteiger partial charge >= 0.3 is 5.97 Å². The number of carbonyl (C=O) groups excluding carboxylic acids is 1. The van der Waals surface area contributed by atoms with Crippen LogP contribution in [0.1, 0.15) is 10.4 Å². The van der Waals surface area contributed by atoms with Crippen LogP contribution in [0.15, 0.2) is 30.5 Å². The monoisotopic (exact) mass is 186 g/mol. The third-order valence-electron chi connectivity index (χ3n) is 1.98. The van der Waals surface area contributed by atoms with E-state index in [9.17, 15) is 4.79 Å². The first kappa shape index (κ1) is 8.69. The maximum absolute atomic E-state index is 11.4. The smallest absolute Gasteiger partial charge is 0.340 e. The van der Waals surface area contributed by atoms with Gasteiger partial charge in [0.25, 0.3) is 0 Å². The highest BCUT2D eigenvalue weighted by Gasteiger charge is 2.09. The van der Waals surface area contributed by atoms with Crippen molar-refractivity contribution in [3.8, 4) is 0 Å². The summed E-state index contributed by atoms with van der Waals surface area (Å²) in [5, 5.41) is 0.885. The molecule has 0 spiro atoms. The fraction of sp³-hybridized carbons (Fsp3) is 0.0909. The number of nitrogens with zero attached hydrogens (tertiary/aromatic N) is 1. The van der Waals surface area contributed by atoms with Crippen molar-refractivity contribution in [2.24, 2.45) is 0 Å². The second-order valence-electron chi connectivity index (χ2n) is 2.80. The van der Waals surface area contributed by atoms with E-state index in [-0.39, 0.29) is 5.97 Å². The molecule has 0 unspecified atom stereocenters. The summed E-state index contributed by atoms with van der Waals surface area (Å²) in [6.07, 6.45) is 1.54. The van der Waals surface area contributed by atoms with Gasteiger partial charge in [-0.1, -0.05) is 12.1 Å². The predicted molar refractivity (Wildman–Crippen MR) is 51.9 cm³/mol. The number of rotatable bonds is 1. The van der Waals surface area contributed by atoms with E-state index in [1.807, 2.05) is 6.07 Å². The Labute approximate surface area is 81.3 Å². The molecule has 2 aromatic rings. The van der Waals surface area contributed by atoms with E-state index in [0.717, 1.165) is 5.39 Å². The number of carbonyl (C=O) groups is 1. The largest absolute Gasteiger partial charge is 0.465 e. The molecule has 0 aliphatic carbocycles. The summed E-state index contributed by atoms with van der Waals surface area (Å²) in [5.74, 6) is -0.366. The van der Waals surface area contributed by atoms with Crippen LogP contribution >= 0.6 is 0 Å². The van der Waals surface area contributed by atoms with Crippen LogP contribution in [0, 0.1) is 6.07 Å². The lowest BCUT2D eigenvalue weighted by molar-refractivity contribution is 0.0603. The Morgan fingerprint density at radius 2 is 2.36 bits per heavy atom. The van der Waals surface area contributed by atoms with Gasteiger partial charge in [0.15, 0.2) is 0 Å². The molecule has 3 heteroatoms. The van der Waals surface area contributed by atoms with Crippen LogP contribution in [-0.4, -0.2) is 18.1 Å². The average Bonchev–Trinajstić information content (AvgIpc) is 2.27. The molecule has 0 saturated carbocycles. The molecule has 14 heavy (non-hydrogen) atoms. The van der Waals surface area contributed by atoms with E-state index in [2.05, 4.69) is 15.8 Å². The van der Waals surface area contributed by atoms with Gasteiger partial charge in [0.1, 0.15) is 0 Å². The first-order valence-electron chi connectivity index (χ1n) is 4.16. The molecule has 0 atom stereocenters. The SMILES string of the molecule is COC(=O)c1cccc2c[c]cnc12. The molecule has 1 radical (unpaired) electrons. The van der Waals surface area contributed by atoms with Crippen molar-refractivity contribution < 1.29 is 9.53 Å². The van der Waals surface area contributed by atoms with Crippen LogP contribution < -0.4 is 0 Å². The summed E-state index contributed by atoms with van der Waals surface area (Å²) in [6.45, 7) is 0. The highest BCUT2D eigenvalue weighted by Crippen LogP contribution is 2.15. The van der Waals surface area contributed by atoms with Gasteiger partial charge in [0.05, 0.1) is 18.2 Å². The number of methoxy groups -OCH3 is 1. The van der Waals surface area contributed by atoms with Gasteiger partial charge in [-0.3, -0.25) is 4.98 Å². The van der Waals surface area contributed by atoms with Gasteiger partial charge in [0.2, 0.25) is 0 Å². The van der Waals surface area contributed by atoms with E-state index in [1.54, 1.807) is 18.2 Å². The third-order valence-corrected chi connectivity index (χ3v) is 1.98. The summed E-state index contributed by atoms with van der Waals surface area (Å²) in [7, 11) is 1.36. The summed E-state index contributed by atoms with van der Waals surface area (Å²) in [6, 6.07) is 10.0. The number of fused-ring (bicyclic) bond motifs is 1. The zero-order valence-corrected chi connectivity index (χ0v) is 7.65. The lowest BCUT2D eigenvalue weighted by Gasteiger charge is -2.02. The van der Waals surface area contributed by atoms with Crippen molar-refractivity contribution in [2.75, 3.05) is 7.11 Å². The summed E-state index contributed by atoms with van der Waals surface area (Å²) in [5.41, 5.74) is 1.14. The number of benzene rings is 1. The highest BCUT2D eigenvalue weighted by atomic mass is 16.5. The summed E-state index contributed by atoms with van der Waals surface area (Å²) >= 11 is 0. The minimum atomic E-state index is -0.366. The molecule has 0 saturated heterocycles. The van der Waals surface area contributed by atoms with Crippen molar-refractivity contribution in [3.05, 3.63) is 42.1 Å². The summed E-state index contributed by atoms with van der Waals surface area (Å²) in [4.78, 5) is 15.4. The molecule has 2 rings (SSSR count). The molecule has 1 aromatic heterocycles. The van der Waals surface area contributed by atoms with Crippen LogP contribution in [0.3, 0.4) is 0 Å². The van der Waals surface area contributed by atoms with E-state index in [1.165, 1.54) is 13.3 Å². The van der Waals surface area contributed by atoms with Crippen molar-refractivity contribution in [3.63, 3.8) is 0 Å². The molecule has 0 amide bonds. The number of pyridine rings is 1. The van der Waals surface area contributed by atoms with Gasteiger partial charge in [0, 0.05) is 17.6 Å². The molecule has 0 aliphatic heterocycles. The quantitative estimate of drug-likeness (QED) is 0.638. The Balaban J connectivity index is 2.71. The number of hydrogen-bond acceptors (Lipinski definition) is 3. The number of esters is 1. The number of aromatic nitrogens is 1. The fourth-order valence-corrected chi connectivity index (χ4v) is 1.33. The molecule has 1 aromatic carbocycles. The molecule has 0 bridgehead atoms. The maximum Gasteiger partial charge on any atom is 0.340 e. The highest BCUT2D eigenvalue weighted by molar-refractivity contribution is 6.02. The van der Waals surface area contributed by atoms with Gasteiger partial charge in [-0.25, -0.2) is 4.79 Å². The zero-order valence-electron chi connectivity index (χ0n) is 7.65. The van der Waals surface area contributed by atoms with Crippen molar-refractivity contribution in [1.82, 2.24) is 4.98 Å². The average molecular weight is 186 g/mol. The topological polar surface area (TPSA) is 39.2 Å². The Hall–Kier alpha value is -1.90. The molecular formula is C11H8NO2. The van der Waals surface area contributed by atoms with Crippen LogP contribution in [0.25, 0.3) is 10.9 Å². The second-order valence-corrected chi connectivity index (χ2v) is 2.80. The molecule has 69 valence electrons. The maximum atomic E-state index is 11.4. The predicted octanol–water partition coefficient (Wildman–Crippen LogP) is 1.82. The van der Waals surface area contributed by atoms with E-state index in [4.69, 9.17) is 0 Å². The van der Waals surface area contributed by atoms with Crippen LogP contribution in [0.4, 0.5) is 0 Å². The van der Waals surface area contributed by atoms with E-state index in [0.29, 0.717) is 11.1 Å². The third kappa shape index (κ3) is 1.33. The van der Waals surface area contributed by atoms with Gasteiger partial charge in [-0.15, -0.1) is 0 Å². The molecule has 0 N–H and O–H groups in total. The molecule has 3 nitrogen and oxygen atoms in total. The second kappa shape index (κ2) is 3.46. The van der Waals surface area contributed by atoms with Crippen LogP contribution in [0.2, 0.25) is 0 Å². The molecular weight excluding hydrogens is 178 g/mol. The molecule has 0 aliphatic rings. The number of para-hydroxylation sites is 1. The zero-order chi connectivity index (χ0) is 9.97. The minimum Gasteiger partial charge on any atom is -0.465 e. The number of hydrogen-bond donors (Lipinski definition) is 0. The Bertz CT molecular complexity index is 474. The van der Waals surface area contributed by atoms with Crippen LogP contribution in [0.5, 0.6) is 0 Å². The fourth-order valence-electron chi connectivity index (χ4n) is 1.33. The first-order chi connectivity index (χ1) is 6.83. The Morgan fingerprint density at radius 3 is 3.14 bits per heavy atom. The van der Waals surface area contributed by atoms with E-state index < -0.39 is 0 Å². The van der Waals surface area contributed by atoms with Crippen molar-refractivity contribution >= 4 is 16.9 Å². The van der Waals surface area contributed by atoms with Crippen molar-refractivity contribution in [1.29, 1.82) is 0 Å². The van der Waals surface area contributed by atoms with Gasteiger partial charge < -0.3 is 4.74 Å². The van der Waals surface area contributed by atoms with Crippen LogP contribution in [-0.2, 0) is 4.74 Å². The normalized spacial score (nSPS) is 10.1. The molecule has 1 heterocycles. The number of ether oxygens (including phenoxy) is 1. The van der Waals surface area contributed by atoms with Crippen molar-refractivity contribution in [2.45, 2.75) is 0 Å².